The number of rotatable bonds is 3. The van der Waals surface area contributed by atoms with Crippen molar-refractivity contribution in [1.29, 1.82) is 0 Å². The van der Waals surface area contributed by atoms with Gasteiger partial charge in [0.25, 0.3) is 0 Å². The van der Waals surface area contributed by atoms with Gasteiger partial charge in [0.2, 0.25) is 0 Å². The van der Waals surface area contributed by atoms with Gasteiger partial charge < -0.3 is 10.2 Å². The number of phenols is 1. The van der Waals surface area contributed by atoms with Crippen molar-refractivity contribution in [2.24, 2.45) is 5.92 Å². The molecule has 3 nitrogen and oxygen atoms in total. The van der Waals surface area contributed by atoms with Crippen molar-refractivity contribution in [3.8, 4) is 5.75 Å². The molecule has 1 rings (SSSR count). The number of phenolic OH excluding ortho intramolecular Hbond substituents is 1. The van der Waals surface area contributed by atoms with Crippen LogP contribution in [0.15, 0.2) is 16.6 Å². The second-order valence-electron chi connectivity index (χ2n) is 3.65. The Hall–Kier alpha value is -1.03. The van der Waals surface area contributed by atoms with Crippen LogP contribution in [0.5, 0.6) is 5.75 Å². The highest BCUT2D eigenvalue weighted by Crippen LogP contribution is 2.32. The fourth-order valence-corrected chi connectivity index (χ4v) is 1.88. The maximum atomic E-state index is 10.7. The fraction of sp³-hybridized carbons (Fsp3) is 0.364. The molecular weight excluding hydrogens is 260 g/mol. The molecule has 0 radical (unpaired) electrons. The minimum atomic E-state index is -0.832. The number of aliphatic carboxylic acids is 1. The van der Waals surface area contributed by atoms with E-state index in [0.717, 1.165) is 11.1 Å². The number of carbonyl (C=O) groups is 1. The van der Waals surface area contributed by atoms with Gasteiger partial charge in [-0.1, -0.05) is 19.1 Å². The van der Waals surface area contributed by atoms with E-state index in [9.17, 15) is 9.90 Å². The van der Waals surface area contributed by atoms with Crippen LogP contribution in [0.2, 0.25) is 0 Å². The minimum absolute atomic E-state index is 0.185. The number of benzene rings is 1. The third-order valence-corrected chi connectivity index (χ3v) is 3.23. The van der Waals surface area contributed by atoms with Gasteiger partial charge in [0, 0.05) is 0 Å². The summed E-state index contributed by atoms with van der Waals surface area (Å²) in [5.74, 6) is -1.10. The van der Waals surface area contributed by atoms with Gasteiger partial charge in [-0.15, -0.1) is 0 Å². The molecule has 0 heterocycles. The Morgan fingerprint density at radius 3 is 2.67 bits per heavy atom. The van der Waals surface area contributed by atoms with Crippen molar-refractivity contribution < 1.29 is 15.0 Å². The summed E-state index contributed by atoms with van der Waals surface area (Å²) >= 11 is 3.27. The molecule has 0 saturated carbocycles. The number of carboxylic acids is 1. The van der Waals surface area contributed by atoms with E-state index in [-0.39, 0.29) is 5.75 Å². The molecule has 0 amide bonds. The van der Waals surface area contributed by atoms with E-state index in [1.165, 1.54) is 0 Å². The summed E-state index contributed by atoms with van der Waals surface area (Å²) in [6.45, 7) is 3.44. The monoisotopic (exact) mass is 272 g/mol. The average molecular weight is 273 g/mol. The number of hydrogen-bond acceptors (Lipinski definition) is 2. The second-order valence-corrected chi connectivity index (χ2v) is 4.44. The van der Waals surface area contributed by atoms with E-state index in [1.807, 2.05) is 6.07 Å². The Morgan fingerprint density at radius 1 is 1.53 bits per heavy atom. The van der Waals surface area contributed by atoms with Gasteiger partial charge >= 0.3 is 5.97 Å². The van der Waals surface area contributed by atoms with E-state index in [4.69, 9.17) is 5.11 Å². The van der Waals surface area contributed by atoms with Crippen LogP contribution in [0.25, 0.3) is 0 Å². The molecule has 0 fully saturated rings. The van der Waals surface area contributed by atoms with E-state index in [0.29, 0.717) is 10.9 Å². The Balaban J connectivity index is 2.97. The Kier molecular flexibility index (Phi) is 3.74. The summed E-state index contributed by atoms with van der Waals surface area (Å²) in [7, 11) is 0. The number of hydrogen-bond donors (Lipinski definition) is 2. The first kappa shape index (κ1) is 12.0. The summed E-state index contributed by atoms with van der Waals surface area (Å²) in [6, 6.07) is 3.61. The first-order valence-electron chi connectivity index (χ1n) is 4.63. The van der Waals surface area contributed by atoms with Crippen LogP contribution in [0.4, 0.5) is 0 Å². The molecule has 1 unspecified atom stereocenters. The summed E-state index contributed by atoms with van der Waals surface area (Å²) in [6.07, 6.45) is 0.407. The highest BCUT2D eigenvalue weighted by molar-refractivity contribution is 9.10. The van der Waals surface area contributed by atoms with Crippen molar-refractivity contribution in [1.82, 2.24) is 0 Å². The van der Waals surface area contributed by atoms with Crippen molar-refractivity contribution >= 4 is 21.9 Å². The van der Waals surface area contributed by atoms with Gasteiger partial charge in [0.1, 0.15) is 5.75 Å². The van der Waals surface area contributed by atoms with Crippen molar-refractivity contribution in [3.05, 3.63) is 27.7 Å². The summed E-state index contributed by atoms with van der Waals surface area (Å²) < 4.78 is 0.593. The summed E-state index contributed by atoms with van der Waals surface area (Å²) in [4.78, 5) is 10.7. The van der Waals surface area contributed by atoms with Crippen molar-refractivity contribution in [2.45, 2.75) is 20.3 Å². The topological polar surface area (TPSA) is 57.5 Å². The smallest absolute Gasteiger partial charge is 0.306 e. The molecule has 0 saturated heterocycles. The van der Waals surface area contributed by atoms with Crippen LogP contribution in [-0.2, 0) is 11.2 Å². The third-order valence-electron chi connectivity index (χ3n) is 2.35. The summed E-state index contributed by atoms with van der Waals surface area (Å²) in [5, 5.41) is 18.4. The zero-order chi connectivity index (χ0) is 11.6. The first-order chi connectivity index (χ1) is 6.93. The predicted octanol–water partition coefficient (Wildman–Crippen LogP) is 2.73. The van der Waals surface area contributed by atoms with Crippen molar-refractivity contribution in [2.75, 3.05) is 0 Å². The largest absolute Gasteiger partial charge is 0.506 e. The van der Waals surface area contributed by atoms with Gasteiger partial charge in [-0.3, -0.25) is 4.79 Å². The van der Waals surface area contributed by atoms with E-state index in [2.05, 4.69) is 15.9 Å². The second kappa shape index (κ2) is 4.66. The normalized spacial score (nSPS) is 12.5. The SMILES string of the molecule is Cc1ccc(CC(C)C(=O)O)c(Br)c1O. The highest BCUT2D eigenvalue weighted by atomic mass is 79.9. The molecular formula is C11H13BrO3. The molecule has 1 aromatic rings. The minimum Gasteiger partial charge on any atom is -0.506 e. The van der Waals surface area contributed by atoms with Gasteiger partial charge in [-0.25, -0.2) is 0 Å². The first-order valence-corrected chi connectivity index (χ1v) is 5.42. The number of carboxylic acid groups (broad SMARTS) is 1. The van der Waals surface area contributed by atoms with Gasteiger partial charge in [-0.2, -0.15) is 0 Å². The van der Waals surface area contributed by atoms with Crippen LogP contribution in [0.1, 0.15) is 18.1 Å². The molecule has 0 spiro atoms. The highest BCUT2D eigenvalue weighted by Gasteiger charge is 2.15. The number of aromatic hydroxyl groups is 1. The molecule has 1 atom stereocenters. The number of aryl methyl sites for hydroxylation is 1. The molecule has 0 aliphatic rings. The quantitative estimate of drug-likeness (QED) is 0.890. The van der Waals surface area contributed by atoms with Crippen LogP contribution in [-0.4, -0.2) is 16.2 Å². The lowest BCUT2D eigenvalue weighted by atomic mass is 10.00. The molecule has 82 valence electrons. The standard InChI is InChI=1S/C11H13BrO3/c1-6-3-4-8(9(12)10(6)13)5-7(2)11(14)15/h3-4,7,13H,5H2,1-2H3,(H,14,15). The Labute approximate surface area is 96.9 Å². The molecule has 4 heteroatoms. The zero-order valence-corrected chi connectivity index (χ0v) is 10.2. The van der Waals surface area contributed by atoms with Crippen LogP contribution >= 0.6 is 15.9 Å². The predicted molar refractivity (Wildman–Crippen MR) is 61.0 cm³/mol. The van der Waals surface area contributed by atoms with E-state index in [1.54, 1.807) is 19.9 Å². The molecule has 2 N–H and O–H groups in total. The van der Waals surface area contributed by atoms with Gasteiger partial charge in [0.05, 0.1) is 10.4 Å². The lowest BCUT2D eigenvalue weighted by Gasteiger charge is -2.10. The molecule has 0 aliphatic carbocycles. The van der Waals surface area contributed by atoms with Crippen molar-refractivity contribution in [3.63, 3.8) is 0 Å². The van der Waals surface area contributed by atoms with Gasteiger partial charge in [-0.05, 0) is 40.4 Å². The molecule has 0 bridgehead atoms. The molecule has 0 aromatic heterocycles. The fourth-order valence-electron chi connectivity index (χ4n) is 1.28. The summed E-state index contributed by atoms with van der Waals surface area (Å²) in [5.41, 5.74) is 1.58. The van der Waals surface area contributed by atoms with Crippen LogP contribution in [0, 0.1) is 12.8 Å². The molecule has 15 heavy (non-hydrogen) atoms. The Morgan fingerprint density at radius 2 is 2.13 bits per heavy atom. The zero-order valence-electron chi connectivity index (χ0n) is 8.62. The van der Waals surface area contributed by atoms with E-state index < -0.39 is 11.9 Å². The van der Waals surface area contributed by atoms with Gasteiger partial charge in [0.15, 0.2) is 0 Å². The number of halogens is 1. The van der Waals surface area contributed by atoms with Crippen LogP contribution in [0.3, 0.4) is 0 Å². The Bertz CT molecular complexity index is 388. The molecule has 0 aliphatic heterocycles. The maximum absolute atomic E-state index is 10.7. The van der Waals surface area contributed by atoms with Crippen LogP contribution < -0.4 is 0 Å². The lowest BCUT2D eigenvalue weighted by Crippen LogP contribution is -2.12. The maximum Gasteiger partial charge on any atom is 0.306 e. The average Bonchev–Trinajstić information content (AvgIpc) is 2.18. The lowest BCUT2D eigenvalue weighted by molar-refractivity contribution is -0.141. The third kappa shape index (κ3) is 2.72. The van der Waals surface area contributed by atoms with E-state index >= 15 is 0 Å². The molecule has 1 aromatic carbocycles.